The highest BCUT2D eigenvalue weighted by atomic mass is 79.9. The molecule has 20 heavy (non-hydrogen) atoms. The zero-order valence-electron chi connectivity index (χ0n) is 11.5. The number of aromatic nitrogens is 2. The van der Waals surface area contributed by atoms with Gasteiger partial charge in [-0.25, -0.2) is 4.98 Å². The Morgan fingerprint density at radius 1 is 1.50 bits per heavy atom. The molecule has 106 valence electrons. The van der Waals surface area contributed by atoms with Gasteiger partial charge in [0, 0.05) is 17.2 Å². The van der Waals surface area contributed by atoms with Crippen molar-refractivity contribution in [3.63, 3.8) is 0 Å². The Kier molecular flexibility index (Phi) is 4.44. The lowest BCUT2D eigenvalue weighted by Crippen LogP contribution is -2.17. The van der Waals surface area contributed by atoms with Crippen LogP contribution in [0.1, 0.15) is 29.5 Å². The van der Waals surface area contributed by atoms with E-state index in [0.717, 1.165) is 23.1 Å². The topological polar surface area (TPSA) is 72.9 Å². The molecule has 0 aromatic carbocycles. The van der Waals surface area contributed by atoms with Crippen LogP contribution in [-0.2, 0) is 6.54 Å². The van der Waals surface area contributed by atoms with E-state index in [0.29, 0.717) is 17.2 Å². The third kappa shape index (κ3) is 3.19. The fourth-order valence-corrected chi connectivity index (χ4v) is 2.16. The lowest BCUT2D eigenvalue weighted by Gasteiger charge is -2.09. The molecule has 2 aromatic heterocycles. The second-order valence-electron chi connectivity index (χ2n) is 4.57. The summed E-state index contributed by atoms with van der Waals surface area (Å²) in [5.41, 5.74) is 7.72. The molecule has 0 aliphatic rings. The Hall–Kier alpha value is -1.82. The summed E-state index contributed by atoms with van der Waals surface area (Å²) in [5, 5.41) is 2.79. The van der Waals surface area contributed by atoms with E-state index >= 15 is 0 Å². The van der Waals surface area contributed by atoms with Gasteiger partial charge >= 0.3 is 0 Å². The third-order valence-electron chi connectivity index (χ3n) is 2.88. The van der Waals surface area contributed by atoms with Crippen molar-refractivity contribution in [1.82, 2.24) is 9.55 Å². The lowest BCUT2D eigenvalue weighted by molar-refractivity contribution is 0.101. The first-order valence-corrected chi connectivity index (χ1v) is 7.20. The predicted octanol–water partition coefficient (Wildman–Crippen LogP) is 3.20. The Morgan fingerprint density at radius 3 is 2.90 bits per heavy atom. The number of aryl methyl sites for hydroxylation is 2. The van der Waals surface area contributed by atoms with Crippen molar-refractivity contribution in [2.75, 3.05) is 11.1 Å². The van der Waals surface area contributed by atoms with Crippen molar-refractivity contribution in [2.45, 2.75) is 26.8 Å². The number of rotatable bonds is 4. The number of hydrogen-bond donors (Lipinski definition) is 2. The summed E-state index contributed by atoms with van der Waals surface area (Å²) in [7, 11) is 0. The maximum atomic E-state index is 12.3. The molecule has 5 nitrogen and oxygen atoms in total. The largest absolute Gasteiger partial charge is 0.397 e. The number of amides is 1. The normalized spacial score (nSPS) is 10.6. The number of halogens is 1. The van der Waals surface area contributed by atoms with E-state index in [1.807, 2.05) is 17.6 Å². The molecule has 2 heterocycles. The second-order valence-corrected chi connectivity index (χ2v) is 5.42. The zero-order valence-corrected chi connectivity index (χ0v) is 13.1. The molecule has 0 unspecified atom stereocenters. The van der Waals surface area contributed by atoms with Gasteiger partial charge in [0.2, 0.25) is 0 Å². The number of nitrogen functional groups attached to an aromatic ring is 1. The molecule has 6 heteroatoms. The Labute approximate surface area is 126 Å². The number of hydrogen-bond acceptors (Lipinski definition) is 3. The van der Waals surface area contributed by atoms with Crippen molar-refractivity contribution in [2.24, 2.45) is 0 Å². The maximum absolute atomic E-state index is 12.3. The number of nitrogens with one attached hydrogen (secondary N) is 1. The Bertz CT molecular complexity index is 636. The van der Waals surface area contributed by atoms with E-state index < -0.39 is 0 Å². The predicted molar refractivity (Wildman–Crippen MR) is 83.8 cm³/mol. The molecule has 1 amide bonds. The zero-order chi connectivity index (χ0) is 14.7. The molecule has 0 saturated carbocycles. The van der Waals surface area contributed by atoms with Crippen molar-refractivity contribution in [3.05, 3.63) is 40.3 Å². The van der Waals surface area contributed by atoms with Crippen LogP contribution >= 0.6 is 15.9 Å². The maximum Gasteiger partial charge on any atom is 0.273 e. The molecule has 3 N–H and O–H groups in total. The van der Waals surface area contributed by atoms with Crippen molar-refractivity contribution in [3.8, 4) is 0 Å². The van der Waals surface area contributed by atoms with Crippen LogP contribution in [0.2, 0.25) is 0 Å². The van der Waals surface area contributed by atoms with Gasteiger partial charge in [-0.15, -0.1) is 0 Å². The summed E-state index contributed by atoms with van der Waals surface area (Å²) in [6.45, 7) is 4.68. The molecular formula is C14H17BrN4O. The van der Waals surface area contributed by atoms with Crippen LogP contribution in [-0.4, -0.2) is 15.5 Å². The summed E-state index contributed by atoms with van der Waals surface area (Å²) in [6, 6.07) is 5.29. The first kappa shape index (κ1) is 14.6. The molecule has 2 rings (SSSR count). The fraction of sp³-hybridized carbons (Fsp3) is 0.286. The molecule has 2 aromatic rings. The van der Waals surface area contributed by atoms with Gasteiger partial charge < -0.3 is 15.6 Å². The van der Waals surface area contributed by atoms with Crippen molar-refractivity contribution in [1.29, 1.82) is 0 Å². The van der Waals surface area contributed by atoms with Gasteiger partial charge in [0.25, 0.3) is 5.91 Å². The van der Waals surface area contributed by atoms with Gasteiger partial charge in [-0.1, -0.05) is 6.92 Å². The highest BCUT2D eigenvalue weighted by molar-refractivity contribution is 9.10. The van der Waals surface area contributed by atoms with Crippen LogP contribution < -0.4 is 11.1 Å². The first-order chi connectivity index (χ1) is 9.51. The van der Waals surface area contributed by atoms with Gasteiger partial charge in [-0.3, -0.25) is 4.79 Å². The van der Waals surface area contributed by atoms with Gasteiger partial charge in [0.15, 0.2) is 0 Å². The number of pyridine rings is 1. The van der Waals surface area contributed by atoms with Crippen molar-refractivity contribution < 1.29 is 4.79 Å². The van der Waals surface area contributed by atoms with Crippen LogP contribution in [0.5, 0.6) is 0 Å². The average Bonchev–Trinajstić information content (AvgIpc) is 2.75. The van der Waals surface area contributed by atoms with Crippen LogP contribution in [0, 0.1) is 6.92 Å². The minimum atomic E-state index is -0.204. The Balaban J connectivity index is 2.21. The standard InChI is InChI=1S/C14H17BrN4O/c1-3-6-19-8-10(16)7-12(19)14(20)18-13-5-4-11(15)9(2)17-13/h4-5,7-8H,3,6,16H2,1-2H3,(H,17,18,20). The summed E-state index contributed by atoms with van der Waals surface area (Å²) in [6.07, 6.45) is 2.71. The van der Waals surface area contributed by atoms with Crippen LogP contribution in [0.25, 0.3) is 0 Å². The van der Waals surface area contributed by atoms with E-state index in [1.165, 1.54) is 0 Å². The molecule has 0 aliphatic heterocycles. The summed E-state index contributed by atoms with van der Waals surface area (Å²) in [5.74, 6) is 0.322. The molecule has 0 spiro atoms. The smallest absolute Gasteiger partial charge is 0.273 e. The summed E-state index contributed by atoms with van der Waals surface area (Å²) >= 11 is 3.38. The lowest BCUT2D eigenvalue weighted by atomic mass is 10.3. The fourth-order valence-electron chi connectivity index (χ4n) is 1.94. The van der Waals surface area contributed by atoms with Gasteiger partial charge in [-0.05, 0) is 47.5 Å². The highest BCUT2D eigenvalue weighted by Crippen LogP contribution is 2.18. The summed E-state index contributed by atoms with van der Waals surface area (Å²) < 4.78 is 2.77. The highest BCUT2D eigenvalue weighted by Gasteiger charge is 2.13. The van der Waals surface area contributed by atoms with Crippen LogP contribution in [0.4, 0.5) is 11.5 Å². The SMILES string of the molecule is CCCn1cc(N)cc1C(=O)Nc1ccc(Br)c(C)n1. The van der Waals surface area contributed by atoms with Gasteiger partial charge in [0.1, 0.15) is 11.5 Å². The van der Waals surface area contributed by atoms with Crippen molar-refractivity contribution >= 4 is 33.3 Å². The van der Waals surface area contributed by atoms with Gasteiger partial charge in [0.05, 0.1) is 11.4 Å². The molecule has 0 atom stereocenters. The first-order valence-electron chi connectivity index (χ1n) is 6.41. The number of carbonyl (C=O) groups excluding carboxylic acids is 1. The molecule has 0 aliphatic carbocycles. The van der Waals surface area contributed by atoms with Crippen LogP contribution in [0.3, 0.4) is 0 Å². The van der Waals surface area contributed by atoms with E-state index in [9.17, 15) is 4.79 Å². The molecule has 0 saturated heterocycles. The minimum absolute atomic E-state index is 0.204. The average molecular weight is 337 g/mol. The number of nitrogens with two attached hydrogens (primary N) is 1. The quantitative estimate of drug-likeness (QED) is 0.900. The van der Waals surface area contributed by atoms with Crippen LogP contribution in [0.15, 0.2) is 28.9 Å². The monoisotopic (exact) mass is 336 g/mol. The van der Waals surface area contributed by atoms with Gasteiger partial charge in [-0.2, -0.15) is 0 Å². The number of carbonyl (C=O) groups is 1. The molecule has 0 fully saturated rings. The summed E-state index contributed by atoms with van der Waals surface area (Å²) in [4.78, 5) is 16.6. The molecule has 0 radical (unpaired) electrons. The van der Waals surface area contributed by atoms with E-state index in [2.05, 4.69) is 33.2 Å². The second kappa shape index (κ2) is 6.09. The molecule has 0 bridgehead atoms. The number of anilines is 2. The molecular weight excluding hydrogens is 320 g/mol. The van der Waals surface area contributed by atoms with E-state index in [-0.39, 0.29) is 5.91 Å². The number of nitrogens with zero attached hydrogens (tertiary/aromatic N) is 2. The van der Waals surface area contributed by atoms with E-state index in [4.69, 9.17) is 5.73 Å². The third-order valence-corrected chi connectivity index (χ3v) is 3.72. The van der Waals surface area contributed by atoms with E-state index in [1.54, 1.807) is 18.3 Å². The Morgan fingerprint density at radius 2 is 2.25 bits per heavy atom. The minimum Gasteiger partial charge on any atom is -0.397 e.